The topological polar surface area (TPSA) is 76.8 Å². The van der Waals surface area contributed by atoms with Gasteiger partial charge in [-0.3, -0.25) is 5.10 Å². The van der Waals surface area contributed by atoms with E-state index in [-0.39, 0.29) is 6.08 Å². The van der Waals surface area contributed by atoms with E-state index in [4.69, 9.17) is 9.15 Å². The molecule has 0 aliphatic heterocycles. The Morgan fingerprint density at radius 1 is 1.11 bits per heavy atom. The minimum atomic E-state index is 0.142. The van der Waals surface area contributed by atoms with Gasteiger partial charge in [0.25, 0.3) is 5.89 Å². The third-order valence-corrected chi connectivity index (χ3v) is 2.34. The Morgan fingerprint density at radius 3 is 2.78 bits per heavy atom. The zero-order valence-electron chi connectivity index (χ0n) is 9.41. The molecule has 18 heavy (non-hydrogen) atoms. The lowest BCUT2D eigenvalue weighted by Crippen LogP contribution is -1.95. The summed E-state index contributed by atoms with van der Waals surface area (Å²) >= 11 is 0. The molecule has 6 heteroatoms. The van der Waals surface area contributed by atoms with Crippen LogP contribution >= 0.6 is 0 Å². The van der Waals surface area contributed by atoms with Gasteiger partial charge in [-0.2, -0.15) is 5.10 Å². The van der Waals surface area contributed by atoms with Crippen molar-refractivity contribution in [3.05, 3.63) is 48.3 Å². The number of benzene rings is 1. The first kappa shape index (κ1) is 10.5. The molecule has 3 rings (SSSR count). The van der Waals surface area contributed by atoms with E-state index < -0.39 is 0 Å². The van der Waals surface area contributed by atoms with Crippen molar-refractivity contribution in [2.45, 2.75) is 6.61 Å². The molecule has 0 bridgehead atoms. The Labute approximate surface area is 103 Å². The Balaban J connectivity index is 1.70. The van der Waals surface area contributed by atoms with Gasteiger partial charge in [0.2, 0.25) is 0 Å². The molecule has 3 aromatic rings. The van der Waals surface area contributed by atoms with Crippen LogP contribution in [-0.2, 0) is 6.61 Å². The van der Waals surface area contributed by atoms with Crippen LogP contribution in [-0.4, -0.2) is 20.4 Å². The van der Waals surface area contributed by atoms with Crippen molar-refractivity contribution in [2.24, 2.45) is 0 Å². The predicted molar refractivity (Wildman–Crippen MR) is 62.7 cm³/mol. The number of rotatable bonds is 4. The molecule has 1 aromatic carbocycles. The Morgan fingerprint density at radius 2 is 2.00 bits per heavy atom. The van der Waals surface area contributed by atoms with Gasteiger partial charge in [-0.05, 0) is 18.2 Å². The highest BCUT2D eigenvalue weighted by Gasteiger charge is 2.09. The van der Waals surface area contributed by atoms with Gasteiger partial charge in [-0.25, -0.2) is 0 Å². The number of hydrogen-bond acceptors (Lipinski definition) is 5. The van der Waals surface area contributed by atoms with Gasteiger partial charge < -0.3 is 9.15 Å². The number of nitrogens with zero attached hydrogens (tertiary/aromatic N) is 3. The third-order valence-electron chi connectivity index (χ3n) is 2.34. The number of ether oxygens (including phenoxy) is 1. The molecule has 90 valence electrons. The Hall–Kier alpha value is -2.63. The van der Waals surface area contributed by atoms with E-state index >= 15 is 0 Å². The summed E-state index contributed by atoms with van der Waals surface area (Å²) in [6.45, 7) is 0.316. The minimum Gasteiger partial charge on any atom is -0.443 e. The van der Waals surface area contributed by atoms with Crippen LogP contribution in [0.1, 0.15) is 5.69 Å². The van der Waals surface area contributed by atoms with E-state index in [0.29, 0.717) is 12.5 Å². The summed E-state index contributed by atoms with van der Waals surface area (Å²) in [6, 6.07) is 11.3. The summed E-state index contributed by atoms with van der Waals surface area (Å²) in [6.07, 6.45) is 1.80. The fraction of sp³-hybridized carbons (Fsp3) is 0.0833. The van der Waals surface area contributed by atoms with Crippen molar-refractivity contribution in [3.63, 3.8) is 0 Å². The molecular formula is C12H10N4O2. The van der Waals surface area contributed by atoms with Crippen molar-refractivity contribution in [1.29, 1.82) is 0 Å². The third kappa shape index (κ3) is 2.22. The first-order chi connectivity index (χ1) is 8.92. The highest BCUT2D eigenvalue weighted by molar-refractivity contribution is 5.51. The molecule has 2 heterocycles. The summed E-state index contributed by atoms with van der Waals surface area (Å²) in [5, 5.41) is 14.3. The summed E-state index contributed by atoms with van der Waals surface area (Å²) < 4.78 is 10.7. The van der Waals surface area contributed by atoms with Crippen LogP contribution in [0.3, 0.4) is 0 Å². The zero-order chi connectivity index (χ0) is 12.2. The number of aromatic amines is 1. The fourth-order valence-electron chi connectivity index (χ4n) is 1.47. The molecule has 0 unspecified atom stereocenters. The molecule has 0 atom stereocenters. The highest BCUT2D eigenvalue weighted by Crippen LogP contribution is 2.20. The lowest BCUT2D eigenvalue weighted by Gasteiger charge is -1.96. The van der Waals surface area contributed by atoms with E-state index in [1.54, 1.807) is 6.20 Å². The maximum atomic E-state index is 5.39. The second-order valence-corrected chi connectivity index (χ2v) is 3.61. The summed E-state index contributed by atoms with van der Waals surface area (Å²) in [5.74, 6) is 0.440. The van der Waals surface area contributed by atoms with E-state index in [1.807, 2.05) is 36.4 Å². The molecule has 1 N–H and O–H groups in total. The SMILES string of the molecule is c1ccc(-c2nnc(OCc3ccn[nH]3)o2)cc1. The van der Waals surface area contributed by atoms with Gasteiger partial charge >= 0.3 is 6.08 Å². The van der Waals surface area contributed by atoms with Crippen molar-refractivity contribution >= 4 is 0 Å². The lowest BCUT2D eigenvalue weighted by molar-refractivity contribution is 0.219. The van der Waals surface area contributed by atoms with Gasteiger partial charge in [-0.15, -0.1) is 5.10 Å². The van der Waals surface area contributed by atoms with Gasteiger partial charge in [0, 0.05) is 11.8 Å². The van der Waals surface area contributed by atoms with Gasteiger partial charge in [0.1, 0.15) is 6.61 Å². The number of hydrogen-bond donors (Lipinski definition) is 1. The summed E-state index contributed by atoms with van der Waals surface area (Å²) in [5.41, 5.74) is 1.70. The van der Waals surface area contributed by atoms with Crippen LogP contribution in [0.25, 0.3) is 11.5 Å². The predicted octanol–water partition coefficient (Wildman–Crippen LogP) is 2.04. The van der Waals surface area contributed by atoms with Crippen molar-refractivity contribution in [2.75, 3.05) is 0 Å². The van der Waals surface area contributed by atoms with E-state index in [0.717, 1.165) is 11.3 Å². The van der Waals surface area contributed by atoms with Crippen molar-refractivity contribution in [1.82, 2.24) is 20.4 Å². The molecule has 0 aliphatic rings. The molecule has 0 fully saturated rings. The molecule has 2 aromatic heterocycles. The van der Waals surface area contributed by atoms with Crippen LogP contribution < -0.4 is 4.74 Å². The first-order valence-corrected chi connectivity index (χ1v) is 5.42. The van der Waals surface area contributed by atoms with E-state index in [2.05, 4.69) is 20.4 Å². The largest absolute Gasteiger partial charge is 0.443 e. The fourth-order valence-corrected chi connectivity index (χ4v) is 1.47. The monoisotopic (exact) mass is 242 g/mol. The maximum absolute atomic E-state index is 5.39. The molecule has 6 nitrogen and oxygen atoms in total. The maximum Gasteiger partial charge on any atom is 0.415 e. The van der Waals surface area contributed by atoms with E-state index in [9.17, 15) is 0 Å². The van der Waals surface area contributed by atoms with Crippen LogP contribution in [0, 0.1) is 0 Å². The Bertz CT molecular complexity index is 604. The van der Waals surface area contributed by atoms with E-state index in [1.165, 1.54) is 0 Å². The smallest absolute Gasteiger partial charge is 0.415 e. The van der Waals surface area contributed by atoms with Gasteiger partial charge in [0.15, 0.2) is 0 Å². The standard InChI is InChI=1S/C12H10N4O2/c1-2-4-9(5-3-1)11-15-16-12(18-11)17-8-10-6-7-13-14-10/h1-7H,8H2,(H,13,14). The average molecular weight is 242 g/mol. The first-order valence-electron chi connectivity index (χ1n) is 5.42. The molecular weight excluding hydrogens is 232 g/mol. The van der Waals surface area contributed by atoms with Gasteiger partial charge in [0.05, 0.1) is 5.69 Å². The van der Waals surface area contributed by atoms with Crippen LogP contribution in [0.5, 0.6) is 6.08 Å². The molecule has 0 radical (unpaired) electrons. The molecule has 0 aliphatic carbocycles. The average Bonchev–Trinajstić information content (AvgIpc) is 3.09. The molecule has 0 amide bonds. The number of nitrogens with one attached hydrogen (secondary N) is 1. The zero-order valence-corrected chi connectivity index (χ0v) is 9.41. The van der Waals surface area contributed by atoms with Gasteiger partial charge in [-0.1, -0.05) is 23.3 Å². The van der Waals surface area contributed by atoms with Crippen LogP contribution in [0.2, 0.25) is 0 Å². The minimum absolute atomic E-state index is 0.142. The quantitative estimate of drug-likeness (QED) is 0.757. The molecule has 0 saturated heterocycles. The van der Waals surface area contributed by atoms with Crippen LogP contribution in [0.4, 0.5) is 0 Å². The van der Waals surface area contributed by atoms with Crippen molar-refractivity contribution in [3.8, 4) is 17.5 Å². The molecule has 0 spiro atoms. The van der Waals surface area contributed by atoms with Crippen molar-refractivity contribution < 1.29 is 9.15 Å². The highest BCUT2D eigenvalue weighted by atomic mass is 16.6. The normalized spacial score (nSPS) is 10.4. The molecule has 0 saturated carbocycles. The second kappa shape index (κ2) is 4.70. The number of H-pyrrole nitrogens is 1. The van der Waals surface area contributed by atoms with Crippen LogP contribution in [0.15, 0.2) is 47.0 Å². The Kier molecular flexibility index (Phi) is 2.75. The number of aromatic nitrogens is 4. The lowest BCUT2D eigenvalue weighted by atomic mass is 10.2. The summed E-state index contributed by atoms with van der Waals surface area (Å²) in [4.78, 5) is 0. The second-order valence-electron chi connectivity index (χ2n) is 3.61. The summed E-state index contributed by atoms with van der Waals surface area (Å²) in [7, 11) is 0.